The van der Waals surface area contributed by atoms with Crippen molar-refractivity contribution in [2.75, 3.05) is 12.9 Å². The molecule has 2 atom stereocenters. The van der Waals surface area contributed by atoms with Crippen LogP contribution in [0, 0.1) is 0 Å². The molecule has 1 aromatic heterocycles. The molecule has 0 bridgehead atoms. The van der Waals surface area contributed by atoms with Crippen molar-refractivity contribution in [3.05, 3.63) is 23.9 Å². The molecule has 2 rings (SSSR count). The Labute approximate surface area is 94.6 Å². The fourth-order valence-corrected chi connectivity index (χ4v) is 2.97. The lowest BCUT2D eigenvalue weighted by Gasteiger charge is -2.27. The summed E-state index contributed by atoms with van der Waals surface area (Å²) in [5.41, 5.74) is 1.06. The van der Waals surface area contributed by atoms with Crippen LogP contribution >= 0.6 is 11.8 Å². The fourth-order valence-electron chi connectivity index (χ4n) is 1.61. The van der Waals surface area contributed by atoms with E-state index < -0.39 is 0 Å². The van der Waals surface area contributed by atoms with Gasteiger partial charge in [0.05, 0.1) is 18.2 Å². The van der Waals surface area contributed by atoms with Crippen molar-refractivity contribution in [1.29, 1.82) is 0 Å². The zero-order valence-electron chi connectivity index (χ0n) is 9.06. The van der Waals surface area contributed by atoms with Gasteiger partial charge in [-0.2, -0.15) is 0 Å². The summed E-state index contributed by atoms with van der Waals surface area (Å²) < 4.78 is 5.12. The molecule has 3 nitrogen and oxygen atoms in total. The highest BCUT2D eigenvalue weighted by Crippen LogP contribution is 2.30. The van der Waals surface area contributed by atoms with Crippen LogP contribution in [-0.2, 0) is 0 Å². The standard InChI is InChI=1S/C11H16N2OS/c1-8-6-7-15-11(12-8)9-4-3-5-10(13-9)14-2/h3-5,8,11-12H,6-7H2,1-2H3. The van der Waals surface area contributed by atoms with Gasteiger partial charge in [0.25, 0.3) is 0 Å². The quantitative estimate of drug-likeness (QED) is 0.835. The van der Waals surface area contributed by atoms with Crippen molar-refractivity contribution in [2.45, 2.75) is 24.8 Å². The van der Waals surface area contributed by atoms with Crippen molar-refractivity contribution in [3.8, 4) is 5.88 Å². The van der Waals surface area contributed by atoms with Crippen molar-refractivity contribution in [2.24, 2.45) is 0 Å². The van der Waals surface area contributed by atoms with E-state index in [0.29, 0.717) is 17.3 Å². The highest BCUT2D eigenvalue weighted by atomic mass is 32.2. The van der Waals surface area contributed by atoms with Crippen molar-refractivity contribution in [3.63, 3.8) is 0 Å². The Balaban J connectivity index is 2.13. The summed E-state index contributed by atoms with van der Waals surface area (Å²) in [7, 11) is 1.65. The molecule has 1 fully saturated rings. The van der Waals surface area contributed by atoms with E-state index in [2.05, 4.69) is 17.2 Å². The van der Waals surface area contributed by atoms with Gasteiger partial charge in [0.2, 0.25) is 5.88 Å². The van der Waals surface area contributed by atoms with E-state index in [9.17, 15) is 0 Å². The van der Waals surface area contributed by atoms with Gasteiger partial charge in [-0.05, 0) is 25.2 Å². The first-order valence-electron chi connectivity index (χ1n) is 5.18. The van der Waals surface area contributed by atoms with Crippen LogP contribution in [0.15, 0.2) is 18.2 Å². The minimum atomic E-state index is 0.309. The molecule has 0 aliphatic carbocycles. The summed E-state index contributed by atoms with van der Waals surface area (Å²) in [6.45, 7) is 2.22. The molecular weight excluding hydrogens is 208 g/mol. The van der Waals surface area contributed by atoms with Crippen LogP contribution in [0.1, 0.15) is 24.4 Å². The molecule has 1 aliphatic heterocycles. The average Bonchev–Trinajstić information content (AvgIpc) is 2.29. The van der Waals surface area contributed by atoms with E-state index in [4.69, 9.17) is 4.74 Å². The molecular formula is C11H16N2OS. The molecule has 2 heterocycles. The SMILES string of the molecule is COc1cccc(C2NC(C)CCS2)n1. The predicted molar refractivity (Wildman–Crippen MR) is 63.2 cm³/mol. The number of hydrogen-bond acceptors (Lipinski definition) is 4. The van der Waals surface area contributed by atoms with Gasteiger partial charge in [-0.3, -0.25) is 5.32 Å². The topological polar surface area (TPSA) is 34.1 Å². The molecule has 0 spiro atoms. The molecule has 1 aliphatic rings. The molecule has 1 N–H and O–H groups in total. The van der Waals surface area contributed by atoms with Crippen LogP contribution in [0.2, 0.25) is 0 Å². The monoisotopic (exact) mass is 224 g/mol. The first-order chi connectivity index (χ1) is 7.29. The largest absolute Gasteiger partial charge is 0.481 e. The number of ether oxygens (including phenoxy) is 1. The number of rotatable bonds is 2. The number of nitrogens with one attached hydrogen (secondary N) is 1. The number of aromatic nitrogens is 1. The summed E-state index contributed by atoms with van der Waals surface area (Å²) in [5.74, 6) is 1.88. The highest BCUT2D eigenvalue weighted by molar-refractivity contribution is 7.99. The maximum atomic E-state index is 5.12. The summed E-state index contributed by atoms with van der Waals surface area (Å²) in [4.78, 5) is 4.44. The van der Waals surface area contributed by atoms with Gasteiger partial charge in [-0.1, -0.05) is 6.07 Å². The molecule has 1 aromatic rings. The number of thioether (sulfide) groups is 1. The van der Waals surface area contributed by atoms with Gasteiger partial charge in [0.1, 0.15) is 0 Å². The van der Waals surface area contributed by atoms with Gasteiger partial charge in [-0.15, -0.1) is 11.8 Å². The second-order valence-electron chi connectivity index (χ2n) is 3.71. The van der Waals surface area contributed by atoms with Crippen LogP contribution in [0.25, 0.3) is 0 Å². The van der Waals surface area contributed by atoms with Crippen molar-refractivity contribution >= 4 is 11.8 Å². The number of hydrogen-bond donors (Lipinski definition) is 1. The molecule has 2 unspecified atom stereocenters. The molecule has 82 valence electrons. The number of nitrogens with zero attached hydrogens (tertiary/aromatic N) is 1. The van der Waals surface area contributed by atoms with E-state index in [-0.39, 0.29) is 0 Å². The molecule has 15 heavy (non-hydrogen) atoms. The van der Waals surface area contributed by atoms with Gasteiger partial charge in [0, 0.05) is 12.1 Å². The Morgan fingerprint density at radius 1 is 1.53 bits per heavy atom. The van der Waals surface area contributed by atoms with Crippen LogP contribution in [0.4, 0.5) is 0 Å². The highest BCUT2D eigenvalue weighted by Gasteiger charge is 2.20. The summed E-state index contributed by atoms with van der Waals surface area (Å²) >= 11 is 1.91. The van der Waals surface area contributed by atoms with E-state index in [0.717, 1.165) is 5.69 Å². The Hall–Kier alpha value is -0.740. The van der Waals surface area contributed by atoms with Crippen LogP contribution in [0.3, 0.4) is 0 Å². The molecule has 0 radical (unpaired) electrons. The average molecular weight is 224 g/mol. The predicted octanol–water partition coefficient (Wildman–Crippen LogP) is 2.20. The van der Waals surface area contributed by atoms with Crippen LogP contribution < -0.4 is 10.1 Å². The summed E-state index contributed by atoms with van der Waals surface area (Å²) in [5, 5.41) is 3.84. The Morgan fingerprint density at radius 2 is 2.40 bits per heavy atom. The minimum absolute atomic E-state index is 0.309. The first-order valence-corrected chi connectivity index (χ1v) is 6.23. The third kappa shape index (κ3) is 2.63. The summed E-state index contributed by atoms with van der Waals surface area (Å²) in [6.07, 6.45) is 1.23. The van der Waals surface area contributed by atoms with Gasteiger partial charge in [-0.25, -0.2) is 4.98 Å². The van der Waals surface area contributed by atoms with Crippen LogP contribution in [0.5, 0.6) is 5.88 Å². The lowest BCUT2D eigenvalue weighted by atomic mass is 10.2. The molecule has 0 aromatic carbocycles. The second kappa shape index (κ2) is 4.86. The lowest BCUT2D eigenvalue weighted by molar-refractivity contribution is 0.394. The molecule has 4 heteroatoms. The number of pyridine rings is 1. The smallest absolute Gasteiger partial charge is 0.213 e. The van der Waals surface area contributed by atoms with Gasteiger partial charge < -0.3 is 4.74 Å². The molecule has 1 saturated heterocycles. The van der Waals surface area contributed by atoms with E-state index >= 15 is 0 Å². The first kappa shape index (κ1) is 10.8. The Morgan fingerprint density at radius 3 is 3.13 bits per heavy atom. The maximum absolute atomic E-state index is 5.12. The second-order valence-corrected chi connectivity index (χ2v) is 4.93. The third-order valence-corrected chi connectivity index (χ3v) is 3.68. The van der Waals surface area contributed by atoms with Gasteiger partial charge >= 0.3 is 0 Å². The Bertz CT molecular complexity index is 332. The maximum Gasteiger partial charge on any atom is 0.213 e. The van der Waals surface area contributed by atoms with Crippen LogP contribution in [-0.4, -0.2) is 23.9 Å². The zero-order valence-corrected chi connectivity index (χ0v) is 9.88. The lowest BCUT2D eigenvalue weighted by Crippen LogP contribution is -2.33. The Kier molecular flexibility index (Phi) is 3.49. The molecule has 0 amide bonds. The third-order valence-electron chi connectivity index (χ3n) is 2.49. The number of methoxy groups -OCH3 is 1. The van der Waals surface area contributed by atoms with Gasteiger partial charge in [0.15, 0.2) is 0 Å². The van der Waals surface area contributed by atoms with Crippen molar-refractivity contribution < 1.29 is 4.74 Å². The van der Waals surface area contributed by atoms with E-state index in [1.807, 2.05) is 30.0 Å². The fraction of sp³-hybridized carbons (Fsp3) is 0.545. The van der Waals surface area contributed by atoms with Crippen molar-refractivity contribution in [1.82, 2.24) is 10.3 Å². The molecule has 0 saturated carbocycles. The minimum Gasteiger partial charge on any atom is -0.481 e. The van der Waals surface area contributed by atoms with E-state index in [1.165, 1.54) is 12.2 Å². The zero-order chi connectivity index (χ0) is 10.7. The van der Waals surface area contributed by atoms with E-state index in [1.54, 1.807) is 7.11 Å². The summed E-state index contributed by atoms with van der Waals surface area (Å²) in [6, 6.07) is 6.48. The normalized spacial score (nSPS) is 26.3.